The van der Waals surface area contributed by atoms with Gasteiger partial charge in [-0.05, 0) is 22.8 Å². The Kier molecular flexibility index (Phi) is 3.64. The van der Waals surface area contributed by atoms with Gasteiger partial charge in [0.2, 0.25) is 0 Å². The molecular weight excluding hydrogens is 224 g/mol. The highest BCUT2D eigenvalue weighted by Crippen LogP contribution is 2.19. The number of hydrogen-bond acceptors (Lipinski definition) is 1. The first-order valence-electron chi connectivity index (χ1n) is 5.84. The van der Waals surface area contributed by atoms with Crippen LogP contribution < -0.4 is 0 Å². The van der Waals surface area contributed by atoms with Crippen LogP contribution in [0.15, 0.2) is 42.5 Å². The van der Waals surface area contributed by atoms with Gasteiger partial charge >= 0.3 is 5.97 Å². The Hall–Kier alpha value is -2.27. The number of carboxylic acid groups (broad SMARTS) is 1. The number of terminal acetylenes is 1. The SMILES string of the molecule is C#CCC(Cc1ccc2ccccc2c1)C(=O)O. The number of carbonyl (C=O) groups is 1. The lowest BCUT2D eigenvalue weighted by Gasteiger charge is -2.09. The summed E-state index contributed by atoms with van der Waals surface area (Å²) in [7, 11) is 0. The first-order valence-corrected chi connectivity index (χ1v) is 5.84. The van der Waals surface area contributed by atoms with Crippen LogP contribution in [-0.4, -0.2) is 11.1 Å². The Bertz CT molecular complexity index is 608. The molecule has 1 N–H and O–H groups in total. The minimum absolute atomic E-state index is 0.266. The lowest BCUT2D eigenvalue weighted by atomic mass is 9.95. The maximum atomic E-state index is 11.1. The monoisotopic (exact) mass is 238 g/mol. The van der Waals surface area contributed by atoms with Crippen molar-refractivity contribution in [3.8, 4) is 12.3 Å². The predicted molar refractivity (Wildman–Crippen MR) is 72.2 cm³/mol. The van der Waals surface area contributed by atoms with Gasteiger partial charge in [0, 0.05) is 6.42 Å². The van der Waals surface area contributed by atoms with Gasteiger partial charge in [0.1, 0.15) is 0 Å². The molecule has 0 amide bonds. The summed E-state index contributed by atoms with van der Waals surface area (Å²) in [6.45, 7) is 0. The van der Waals surface area contributed by atoms with Crippen molar-refractivity contribution in [2.75, 3.05) is 0 Å². The van der Waals surface area contributed by atoms with E-state index in [2.05, 4.69) is 5.92 Å². The van der Waals surface area contributed by atoms with Crippen molar-refractivity contribution < 1.29 is 9.90 Å². The third-order valence-corrected chi connectivity index (χ3v) is 3.01. The molecule has 0 aliphatic heterocycles. The molecule has 1 atom stereocenters. The standard InChI is InChI=1S/C16H14O2/c1-2-5-15(16(17)18)11-12-8-9-13-6-3-4-7-14(13)10-12/h1,3-4,6-10,15H,5,11H2,(H,17,18). The molecule has 0 radical (unpaired) electrons. The molecule has 2 nitrogen and oxygen atoms in total. The van der Waals surface area contributed by atoms with E-state index in [-0.39, 0.29) is 6.42 Å². The Morgan fingerprint density at radius 1 is 1.22 bits per heavy atom. The van der Waals surface area contributed by atoms with Gasteiger partial charge in [-0.3, -0.25) is 4.79 Å². The molecule has 0 aliphatic rings. The van der Waals surface area contributed by atoms with Crippen LogP contribution in [0.4, 0.5) is 0 Å². The molecule has 0 heterocycles. The van der Waals surface area contributed by atoms with Crippen LogP contribution in [0, 0.1) is 18.3 Å². The fraction of sp³-hybridized carbons (Fsp3) is 0.188. The fourth-order valence-electron chi connectivity index (χ4n) is 2.04. The van der Waals surface area contributed by atoms with Gasteiger partial charge in [0.05, 0.1) is 5.92 Å². The molecule has 2 aromatic carbocycles. The molecule has 18 heavy (non-hydrogen) atoms. The highest BCUT2D eigenvalue weighted by Gasteiger charge is 2.16. The summed E-state index contributed by atoms with van der Waals surface area (Å²) in [5, 5.41) is 11.4. The zero-order valence-corrected chi connectivity index (χ0v) is 9.97. The maximum absolute atomic E-state index is 11.1. The zero-order chi connectivity index (χ0) is 13.0. The quantitative estimate of drug-likeness (QED) is 0.831. The third kappa shape index (κ3) is 2.70. The number of fused-ring (bicyclic) bond motifs is 1. The number of rotatable bonds is 4. The van der Waals surface area contributed by atoms with Gasteiger partial charge in [-0.25, -0.2) is 0 Å². The minimum atomic E-state index is -0.832. The van der Waals surface area contributed by atoms with Crippen molar-refractivity contribution in [2.45, 2.75) is 12.8 Å². The highest BCUT2D eigenvalue weighted by molar-refractivity contribution is 5.83. The van der Waals surface area contributed by atoms with E-state index in [4.69, 9.17) is 11.5 Å². The Balaban J connectivity index is 2.26. The van der Waals surface area contributed by atoms with Crippen molar-refractivity contribution in [3.63, 3.8) is 0 Å². The van der Waals surface area contributed by atoms with Crippen molar-refractivity contribution in [2.24, 2.45) is 5.92 Å². The molecule has 90 valence electrons. The van der Waals surface area contributed by atoms with Crippen LogP contribution in [0.5, 0.6) is 0 Å². The van der Waals surface area contributed by atoms with Crippen molar-refractivity contribution in [3.05, 3.63) is 48.0 Å². The van der Waals surface area contributed by atoms with E-state index < -0.39 is 11.9 Å². The van der Waals surface area contributed by atoms with Crippen LogP contribution >= 0.6 is 0 Å². The van der Waals surface area contributed by atoms with Crippen molar-refractivity contribution in [1.82, 2.24) is 0 Å². The topological polar surface area (TPSA) is 37.3 Å². The van der Waals surface area contributed by atoms with Crippen LogP contribution in [0.25, 0.3) is 10.8 Å². The van der Waals surface area contributed by atoms with Crippen LogP contribution in [0.2, 0.25) is 0 Å². The average Bonchev–Trinajstić information content (AvgIpc) is 2.38. The molecule has 2 rings (SSSR count). The van der Waals surface area contributed by atoms with E-state index in [9.17, 15) is 4.79 Å². The first kappa shape index (κ1) is 12.2. The molecule has 1 unspecified atom stereocenters. The van der Waals surface area contributed by atoms with Gasteiger partial charge in [-0.15, -0.1) is 12.3 Å². The number of aliphatic carboxylic acids is 1. The average molecular weight is 238 g/mol. The minimum Gasteiger partial charge on any atom is -0.481 e. The smallest absolute Gasteiger partial charge is 0.307 e. The maximum Gasteiger partial charge on any atom is 0.307 e. The van der Waals surface area contributed by atoms with Gasteiger partial charge in [-0.1, -0.05) is 42.5 Å². The van der Waals surface area contributed by atoms with Gasteiger partial charge < -0.3 is 5.11 Å². The third-order valence-electron chi connectivity index (χ3n) is 3.01. The molecule has 0 fully saturated rings. The van der Waals surface area contributed by atoms with E-state index >= 15 is 0 Å². The first-order chi connectivity index (χ1) is 8.70. The van der Waals surface area contributed by atoms with Crippen LogP contribution in [0.3, 0.4) is 0 Å². The Labute approximate surface area is 106 Å². The largest absolute Gasteiger partial charge is 0.481 e. The second-order valence-corrected chi connectivity index (χ2v) is 4.33. The summed E-state index contributed by atoms with van der Waals surface area (Å²) >= 11 is 0. The predicted octanol–water partition coefficient (Wildman–Crippen LogP) is 3.11. The Morgan fingerprint density at radius 3 is 2.61 bits per heavy atom. The Morgan fingerprint density at radius 2 is 1.94 bits per heavy atom. The molecule has 2 aromatic rings. The summed E-state index contributed by atoms with van der Waals surface area (Å²) in [5.74, 6) is 1.09. The molecule has 0 aliphatic carbocycles. The summed E-state index contributed by atoms with van der Waals surface area (Å²) in [4.78, 5) is 11.1. The number of hydrogen-bond donors (Lipinski definition) is 1. The summed E-state index contributed by atoms with van der Waals surface area (Å²) in [5.41, 5.74) is 1.01. The van der Waals surface area contributed by atoms with E-state index in [0.29, 0.717) is 6.42 Å². The molecule has 0 saturated carbocycles. The summed E-state index contributed by atoms with van der Waals surface area (Å²) in [6.07, 6.45) is 5.94. The normalized spacial score (nSPS) is 11.9. The van der Waals surface area contributed by atoms with E-state index in [1.807, 2.05) is 42.5 Å². The summed E-state index contributed by atoms with van der Waals surface area (Å²) < 4.78 is 0. The van der Waals surface area contributed by atoms with Gasteiger partial charge in [-0.2, -0.15) is 0 Å². The highest BCUT2D eigenvalue weighted by atomic mass is 16.4. The fourth-order valence-corrected chi connectivity index (χ4v) is 2.04. The molecule has 2 heteroatoms. The second-order valence-electron chi connectivity index (χ2n) is 4.33. The molecular formula is C16H14O2. The van der Waals surface area contributed by atoms with Crippen LogP contribution in [-0.2, 0) is 11.2 Å². The van der Waals surface area contributed by atoms with E-state index in [1.165, 1.54) is 0 Å². The zero-order valence-electron chi connectivity index (χ0n) is 9.97. The molecule has 0 saturated heterocycles. The van der Waals surface area contributed by atoms with Crippen LogP contribution in [0.1, 0.15) is 12.0 Å². The van der Waals surface area contributed by atoms with Gasteiger partial charge in [0.15, 0.2) is 0 Å². The van der Waals surface area contributed by atoms with Crippen molar-refractivity contribution in [1.29, 1.82) is 0 Å². The lowest BCUT2D eigenvalue weighted by Crippen LogP contribution is -2.15. The lowest BCUT2D eigenvalue weighted by molar-refractivity contribution is -0.141. The number of carboxylic acids is 1. The molecule has 0 aromatic heterocycles. The van der Waals surface area contributed by atoms with E-state index in [1.54, 1.807) is 0 Å². The molecule has 0 bridgehead atoms. The summed E-state index contributed by atoms with van der Waals surface area (Å²) in [6, 6.07) is 14.0. The number of benzene rings is 2. The second kappa shape index (κ2) is 5.37. The van der Waals surface area contributed by atoms with E-state index in [0.717, 1.165) is 16.3 Å². The molecule has 0 spiro atoms. The van der Waals surface area contributed by atoms with Crippen molar-refractivity contribution >= 4 is 16.7 Å². The van der Waals surface area contributed by atoms with Gasteiger partial charge in [0.25, 0.3) is 0 Å².